The molecule has 6 nitrogen and oxygen atoms in total. The Morgan fingerprint density at radius 3 is 2.84 bits per heavy atom. The number of sulfonamides is 1. The van der Waals surface area contributed by atoms with Crippen LogP contribution in [0.3, 0.4) is 0 Å². The Balaban J connectivity index is 1.66. The molecule has 7 heteroatoms. The van der Waals surface area contributed by atoms with Gasteiger partial charge in [0.2, 0.25) is 10.0 Å². The molecular formula is C18H24N4O2S. The Morgan fingerprint density at radius 1 is 1.28 bits per heavy atom. The standard InChI is InChI=1S/C18H24N4O2S/c1-2-25(23,24)20-10-14-8-9-15-18(14)22-12-16(21-17(22)11-19-15)13-6-4-3-5-7-13/h8,11-13,20H,2-7,9-10H2,1H3. The second-order valence-corrected chi connectivity index (χ2v) is 9.04. The highest BCUT2D eigenvalue weighted by Gasteiger charge is 2.23. The average Bonchev–Trinajstić information content (AvgIpc) is 3.24. The minimum Gasteiger partial charge on any atom is -0.297 e. The molecule has 2 aliphatic carbocycles. The first kappa shape index (κ1) is 16.7. The molecule has 0 aliphatic heterocycles. The third-order valence-electron chi connectivity index (χ3n) is 5.33. The minimum atomic E-state index is -3.21. The first-order valence-corrected chi connectivity index (χ1v) is 10.8. The molecule has 0 spiro atoms. The van der Waals surface area contributed by atoms with E-state index in [9.17, 15) is 8.42 Å². The van der Waals surface area contributed by atoms with Gasteiger partial charge in [0, 0.05) is 25.1 Å². The maximum absolute atomic E-state index is 11.8. The predicted octanol–water partition coefficient (Wildman–Crippen LogP) is 2.66. The summed E-state index contributed by atoms with van der Waals surface area (Å²) < 4.78 is 28.3. The van der Waals surface area contributed by atoms with E-state index >= 15 is 0 Å². The largest absolute Gasteiger partial charge is 0.297 e. The fourth-order valence-electron chi connectivity index (χ4n) is 3.87. The zero-order valence-electron chi connectivity index (χ0n) is 14.5. The molecule has 2 aromatic heterocycles. The maximum atomic E-state index is 11.8. The SMILES string of the molecule is CCS(=O)(=O)NCC1=CCc2ncc3nc(C4CCCCC4)cn3c21. The summed E-state index contributed by atoms with van der Waals surface area (Å²) in [4.78, 5) is 9.36. The quantitative estimate of drug-likeness (QED) is 0.889. The van der Waals surface area contributed by atoms with Gasteiger partial charge in [0.1, 0.15) is 0 Å². The Hall–Kier alpha value is -1.73. The highest BCUT2D eigenvalue weighted by molar-refractivity contribution is 7.89. The van der Waals surface area contributed by atoms with E-state index in [1.165, 1.54) is 32.1 Å². The van der Waals surface area contributed by atoms with Gasteiger partial charge in [0.15, 0.2) is 5.65 Å². The molecule has 1 saturated carbocycles. The van der Waals surface area contributed by atoms with Crippen LogP contribution in [0.25, 0.3) is 11.2 Å². The van der Waals surface area contributed by atoms with Crippen LogP contribution in [0.15, 0.2) is 18.5 Å². The van der Waals surface area contributed by atoms with Gasteiger partial charge in [-0.2, -0.15) is 0 Å². The minimum absolute atomic E-state index is 0.0898. The van der Waals surface area contributed by atoms with Crippen LogP contribution in [0.1, 0.15) is 62.0 Å². The van der Waals surface area contributed by atoms with Crippen LogP contribution < -0.4 is 4.72 Å². The third-order valence-corrected chi connectivity index (χ3v) is 6.68. The lowest BCUT2D eigenvalue weighted by molar-refractivity contribution is 0.438. The van der Waals surface area contributed by atoms with E-state index in [2.05, 4.69) is 26.4 Å². The molecule has 0 amide bonds. The first-order chi connectivity index (χ1) is 12.1. The zero-order chi connectivity index (χ0) is 17.4. The summed E-state index contributed by atoms with van der Waals surface area (Å²) in [5.41, 5.74) is 4.98. The highest BCUT2D eigenvalue weighted by Crippen LogP contribution is 2.33. The topological polar surface area (TPSA) is 76.4 Å². The molecule has 4 rings (SSSR count). The number of hydrogen-bond acceptors (Lipinski definition) is 4. The van der Waals surface area contributed by atoms with E-state index in [1.54, 1.807) is 6.92 Å². The van der Waals surface area contributed by atoms with Crippen molar-refractivity contribution in [3.05, 3.63) is 35.6 Å². The molecule has 2 aliphatic rings. The summed E-state index contributed by atoms with van der Waals surface area (Å²) in [6, 6.07) is 0. The molecule has 0 bridgehead atoms. The van der Waals surface area contributed by atoms with Gasteiger partial charge in [-0.3, -0.25) is 9.38 Å². The summed E-state index contributed by atoms with van der Waals surface area (Å²) in [6.45, 7) is 1.95. The van der Waals surface area contributed by atoms with Gasteiger partial charge in [0.25, 0.3) is 0 Å². The summed E-state index contributed by atoms with van der Waals surface area (Å²) in [5, 5.41) is 0. The Morgan fingerprint density at radius 2 is 2.08 bits per heavy atom. The van der Waals surface area contributed by atoms with E-state index in [-0.39, 0.29) is 5.75 Å². The Bertz CT molecular complexity index is 924. The fourth-order valence-corrected chi connectivity index (χ4v) is 4.45. The van der Waals surface area contributed by atoms with Crippen LogP contribution in [0, 0.1) is 0 Å². The van der Waals surface area contributed by atoms with Gasteiger partial charge in [-0.15, -0.1) is 0 Å². The fraction of sp³-hybridized carbons (Fsp3) is 0.556. The predicted molar refractivity (Wildman–Crippen MR) is 98.0 cm³/mol. The van der Waals surface area contributed by atoms with Crippen LogP contribution in [-0.2, 0) is 16.4 Å². The lowest BCUT2D eigenvalue weighted by Crippen LogP contribution is -2.27. The third kappa shape index (κ3) is 3.22. The molecule has 134 valence electrons. The average molecular weight is 360 g/mol. The lowest BCUT2D eigenvalue weighted by atomic mass is 9.87. The molecule has 0 atom stereocenters. The Labute approximate surface area is 148 Å². The smallest absolute Gasteiger partial charge is 0.211 e. The van der Waals surface area contributed by atoms with E-state index in [1.807, 2.05) is 6.20 Å². The van der Waals surface area contributed by atoms with Crippen LogP contribution in [0.5, 0.6) is 0 Å². The van der Waals surface area contributed by atoms with E-state index in [0.29, 0.717) is 12.5 Å². The maximum Gasteiger partial charge on any atom is 0.211 e. The Kier molecular flexibility index (Phi) is 4.37. The normalized spacial score (nSPS) is 18.5. The van der Waals surface area contributed by atoms with Crippen LogP contribution in [-0.4, -0.2) is 35.1 Å². The van der Waals surface area contributed by atoms with Crippen molar-refractivity contribution in [3.63, 3.8) is 0 Å². The van der Waals surface area contributed by atoms with Gasteiger partial charge in [-0.25, -0.2) is 18.1 Å². The molecule has 1 N–H and O–H groups in total. The molecular weight excluding hydrogens is 336 g/mol. The number of aromatic nitrogens is 3. The molecule has 25 heavy (non-hydrogen) atoms. The summed E-state index contributed by atoms with van der Waals surface area (Å²) in [5.74, 6) is 0.628. The summed E-state index contributed by atoms with van der Waals surface area (Å²) >= 11 is 0. The van der Waals surface area contributed by atoms with Crippen molar-refractivity contribution in [1.29, 1.82) is 0 Å². The monoisotopic (exact) mass is 360 g/mol. The second-order valence-electron chi connectivity index (χ2n) is 6.94. The zero-order valence-corrected chi connectivity index (χ0v) is 15.3. The van der Waals surface area contributed by atoms with Gasteiger partial charge in [-0.1, -0.05) is 25.3 Å². The van der Waals surface area contributed by atoms with Crippen molar-refractivity contribution < 1.29 is 8.42 Å². The second kappa shape index (κ2) is 6.53. The van der Waals surface area contributed by atoms with E-state index in [4.69, 9.17) is 4.98 Å². The van der Waals surface area contributed by atoms with Crippen LogP contribution >= 0.6 is 0 Å². The van der Waals surface area contributed by atoms with E-state index < -0.39 is 10.0 Å². The van der Waals surface area contributed by atoms with Crippen molar-refractivity contribution in [3.8, 4) is 0 Å². The molecule has 2 heterocycles. The first-order valence-electron chi connectivity index (χ1n) is 9.11. The number of hydrogen-bond donors (Lipinski definition) is 1. The number of imidazole rings is 1. The lowest BCUT2D eigenvalue weighted by Gasteiger charge is -2.19. The van der Waals surface area contributed by atoms with Crippen LogP contribution in [0.4, 0.5) is 0 Å². The molecule has 2 aromatic rings. The highest BCUT2D eigenvalue weighted by atomic mass is 32.2. The van der Waals surface area contributed by atoms with Crippen molar-refractivity contribution in [2.45, 2.75) is 51.4 Å². The van der Waals surface area contributed by atoms with Gasteiger partial charge in [-0.05, 0) is 25.3 Å². The number of fused-ring (bicyclic) bond motifs is 3. The number of rotatable bonds is 5. The van der Waals surface area contributed by atoms with Crippen molar-refractivity contribution in [2.24, 2.45) is 0 Å². The van der Waals surface area contributed by atoms with E-state index in [0.717, 1.165) is 34.7 Å². The van der Waals surface area contributed by atoms with Crippen molar-refractivity contribution >= 4 is 21.2 Å². The summed E-state index contributed by atoms with van der Waals surface area (Å²) in [6.07, 6.45) is 13.1. The van der Waals surface area contributed by atoms with Gasteiger partial charge < -0.3 is 0 Å². The molecule has 0 aromatic carbocycles. The van der Waals surface area contributed by atoms with Crippen molar-refractivity contribution in [1.82, 2.24) is 19.1 Å². The number of nitrogens with one attached hydrogen (secondary N) is 1. The van der Waals surface area contributed by atoms with Gasteiger partial charge in [0.05, 0.1) is 29.0 Å². The molecule has 0 saturated heterocycles. The van der Waals surface area contributed by atoms with Crippen LogP contribution in [0.2, 0.25) is 0 Å². The van der Waals surface area contributed by atoms with Crippen molar-refractivity contribution in [2.75, 3.05) is 12.3 Å². The molecule has 1 fully saturated rings. The number of allylic oxidation sites excluding steroid dienone is 1. The number of nitrogens with zero attached hydrogens (tertiary/aromatic N) is 3. The molecule has 0 unspecified atom stereocenters. The summed E-state index contributed by atoms with van der Waals surface area (Å²) in [7, 11) is -3.21. The van der Waals surface area contributed by atoms with Gasteiger partial charge >= 0.3 is 0 Å². The molecule has 0 radical (unpaired) electrons.